The van der Waals surface area contributed by atoms with Gasteiger partial charge < -0.3 is 9.72 Å². The molecule has 1 N–H and O–H groups in total. The second-order valence-corrected chi connectivity index (χ2v) is 12.6. The molecule has 6 rings (SSSR count). The Morgan fingerprint density at radius 2 is 1.77 bits per heavy atom. The van der Waals surface area contributed by atoms with Crippen molar-refractivity contribution in [1.29, 1.82) is 0 Å². The fourth-order valence-corrected chi connectivity index (χ4v) is 6.80. The summed E-state index contributed by atoms with van der Waals surface area (Å²) in [6, 6.07) is 9.48. The van der Waals surface area contributed by atoms with Crippen LogP contribution in [0.15, 0.2) is 47.6 Å². The zero-order chi connectivity index (χ0) is 24.2. The van der Waals surface area contributed by atoms with Crippen LogP contribution in [0.3, 0.4) is 0 Å². The maximum Gasteiger partial charge on any atom is 0.175 e. The average Bonchev–Trinajstić information content (AvgIpc) is 3.63. The Balaban J connectivity index is 1.26. The van der Waals surface area contributed by atoms with E-state index in [9.17, 15) is 8.42 Å². The smallest absolute Gasteiger partial charge is 0.175 e. The lowest BCUT2D eigenvalue weighted by atomic mass is 9.82. The van der Waals surface area contributed by atoms with Gasteiger partial charge in [0.2, 0.25) is 0 Å². The Kier molecular flexibility index (Phi) is 5.93. The number of imidazole rings is 1. The average molecular weight is 497 g/mol. The fourth-order valence-electron chi connectivity index (χ4n) is 6.17. The third-order valence-corrected chi connectivity index (χ3v) is 9.35. The van der Waals surface area contributed by atoms with Crippen LogP contribution in [0.25, 0.3) is 16.9 Å². The van der Waals surface area contributed by atoms with Gasteiger partial charge in [0.15, 0.2) is 9.84 Å². The van der Waals surface area contributed by atoms with Crippen LogP contribution in [0.2, 0.25) is 0 Å². The van der Waals surface area contributed by atoms with Gasteiger partial charge in [-0.05, 0) is 82.1 Å². The third kappa shape index (κ3) is 4.63. The fraction of sp³-hybridized carbons (Fsp3) is 0.519. The van der Waals surface area contributed by atoms with Gasteiger partial charge in [-0.2, -0.15) is 0 Å². The lowest BCUT2D eigenvalue weighted by Crippen LogP contribution is -2.52. The quantitative estimate of drug-likeness (QED) is 0.572. The second-order valence-electron chi connectivity index (χ2n) is 10.6. The van der Waals surface area contributed by atoms with Gasteiger partial charge >= 0.3 is 0 Å². The molecule has 1 aliphatic carbocycles. The van der Waals surface area contributed by atoms with E-state index >= 15 is 4.39 Å². The summed E-state index contributed by atoms with van der Waals surface area (Å²) in [6.45, 7) is 3.26. The van der Waals surface area contributed by atoms with Crippen molar-refractivity contribution in [3.63, 3.8) is 0 Å². The maximum absolute atomic E-state index is 15.4. The minimum absolute atomic E-state index is 0.170. The van der Waals surface area contributed by atoms with Crippen LogP contribution < -0.4 is 5.32 Å². The van der Waals surface area contributed by atoms with E-state index in [-0.39, 0.29) is 16.6 Å². The zero-order valence-electron chi connectivity index (χ0n) is 20.2. The van der Waals surface area contributed by atoms with Gasteiger partial charge in [0.25, 0.3) is 0 Å². The molecule has 4 heterocycles. The number of aromatic nitrogens is 2. The van der Waals surface area contributed by atoms with E-state index in [1.54, 1.807) is 30.3 Å². The highest BCUT2D eigenvalue weighted by Gasteiger charge is 2.42. The summed E-state index contributed by atoms with van der Waals surface area (Å²) in [5.41, 5.74) is 2.88. The molecule has 1 saturated carbocycles. The van der Waals surface area contributed by atoms with Gasteiger partial charge in [-0.3, -0.25) is 4.90 Å². The van der Waals surface area contributed by atoms with Crippen LogP contribution in [0.1, 0.15) is 50.0 Å². The van der Waals surface area contributed by atoms with Crippen molar-refractivity contribution >= 4 is 15.5 Å². The molecule has 2 saturated heterocycles. The number of nitrogens with one attached hydrogen (secondary N) is 1. The van der Waals surface area contributed by atoms with Crippen molar-refractivity contribution in [2.75, 3.05) is 25.9 Å². The van der Waals surface area contributed by atoms with Crippen LogP contribution in [0, 0.1) is 11.7 Å². The van der Waals surface area contributed by atoms with Gasteiger partial charge in [-0.25, -0.2) is 17.8 Å². The number of sulfone groups is 1. The molecule has 3 aliphatic rings. The van der Waals surface area contributed by atoms with Crippen molar-refractivity contribution in [2.24, 2.45) is 5.92 Å². The van der Waals surface area contributed by atoms with E-state index in [1.807, 2.05) is 16.8 Å². The first-order valence-electron chi connectivity index (χ1n) is 12.8. The molecule has 2 aliphatic heterocycles. The van der Waals surface area contributed by atoms with Gasteiger partial charge in [0.05, 0.1) is 10.6 Å². The van der Waals surface area contributed by atoms with Crippen molar-refractivity contribution in [1.82, 2.24) is 19.6 Å². The van der Waals surface area contributed by atoms with Gasteiger partial charge in [0.1, 0.15) is 11.5 Å². The van der Waals surface area contributed by atoms with Gasteiger partial charge in [-0.15, -0.1) is 0 Å². The number of rotatable bonds is 5. The molecular formula is C27H33FN4O2S. The van der Waals surface area contributed by atoms with Crippen molar-refractivity contribution in [2.45, 2.75) is 61.4 Å². The number of pyridine rings is 1. The first kappa shape index (κ1) is 23.1. The molecule has 3 aromatic rings. The summed E-state index contributed by atoms with van der Waals surface area (Å²) in [5.74, 6) is 0.828. The first-order valence-corrected chi connectivity index (χ1v) is 14.7. The molecule has 186 valence electrons. The molecule has 6 nitrogen and oxygen atoms in total. The van der Waals surface area contributed by atoms with E-state index in [4.69, 9.17) is 0 Å². The van der Waals surface area contributed by atoms with Crippen LogP contribution >= 0.6 is 0 Å². The molecule has 2 atom stereocenters. The molecule has 0 radical (unpaired) electrons. The van der Waals surface area contributed by atoms with E-state index in [2.05, 4.69) is 15.2 Å². The molecule has 8 heteroatoms. The number of nitrogens with zero attached hydrogens (tertiary/aromatic N) is 3. The van der Waals surface area contributed by atoms with Crippen molar-refractivity contribution < 1.29 is 12.8 Å². The zero-order valence-corrected chi connectivity index (χ0v) is 21.0. The Morgan fingerprint density at radius 3 is 2.46 bits per heavy atom. The maximum atomic E-state index is 15.4. The largest absolute Gasteiger partial charge is 0.317 e. The molecule has 0 spiro atoms. The van der Waals surface area contributed by atoms with Gasteiger partial charge in [-0.1, -0.05) is 12.1 Å². The first-order chi connectivity index (χ1) is 16.9. The monoisotopic (exact) mass is 496 g/mol. The second kappa shape index (κ2) is 8.98. The predicted molar refractivity (Wildman–Crippen MR) is 135 cm³/mol. The summed E-state index contributed by atoms with van der Waals surface area (Å²) < 4.78 is 40.8. The molecule has 3 fully saturated rings. The lowest BCUT2D eigenvalue weighted by Gasteiger charge is -2.45. The molecule has 0 amide bonds. The minimum Gasteiger partial charge on any atom is -0.317 e. The summed E-state index contributed by atoms with van der Waals surface area (Å²) >= 11 is 0. The van der Waals surface area contributed by atoms with Crippen LogP contribution in [0.5, 0.6) is 0 Å². The van der Waals surface area contributed by atoms with Crippen LogP contribution in [-0.4, -0.2) is 60.7 Å². The lowest BCUT2D eigenvalue weighted by molar-refractivity contribution is 0.0552. The van der Waals surface area contributed by atoms with E-state index in [0.29, 0.717) is 23.4 Å². The minimum atomic E-state index is -3.25. The molecule has 1 aromatic carbocycles. The Bertz CT molecular complexity index is 1330. The topological polar surface area (TPSA) is 66.7 Å². The van der Waals surface area contributed by atoms with Gasteiger partial charge in [0, 0.05) is 47.9 Å². The number of likely N-dealkylation sites (tertiary alicyclic amines) is 1. The van der Waals surface area contributed by atoms with E-state index < -0.39 is 9.84 Å². The van der Waals surface area contributed by atoms with Crippen molar-refractivity contribution in [3.8, 4) is 11.3 Å². The number of hydrogen-bond acceptors (Lipinski definition) is 5. The molecule has 1 unspecified atom stereocenters. The highest BCUT2D eigenvalue weighted by molar-refractivity contribution is 7.90. The third-order valence-electron chi connectivity index (χ3n) is 8.22. The van der Waals surface area contributed by atoms with Crippen LogP contribution in [-0.2, 0) is 9.84 Å². The SMILES string of the molecule is CS(=O)(=O)c1ccc(-c2cn3cc(C4CCN(C5CCNCC5)[C@@H](C5CC5)C4)c(F)cc3n2)cc1. The summed E-state index contributed by atoms with van der Waals surface area (Å²) in [7, 11) is -3.25. The highest BCUT2D eigenvalue weighted by Crippen LogP contribution is 2.45. The number of piperidine rings is 2. The van der Waals surface area contributed by atoms with Crippen molar-refractivity contribution in [3.05, 3.63) is 54.1 Å². The molecule has 2 aromatic heterocycles. The summed E-state index contributed by atoms with van der Waals surface area (Å²) in [4.78, 5) is 7.65. The molecule has 35 heavy (non-hydrogen) atoms. The highest BCUT2D eigenvalue weighted by atomic mass is 32.2. The number of fused-ring (bicyclic) bond motifs is 1. The normalized spacial score (nSPS) is 24.7. The summed E-state index contributed by atoms with van der Waals surface area (Å²) in [5, 5.41) is 3.48. The number of hydrogen-bond donors (Lipinski definition) is 1. The standard InChI is InChI=1S/C27H33FN4O2S/c1-35(33,34)22-6-4-18(5-7-22)25-17-31-16-23(24(28)15-27(31)30-25)20-10-13-32(21-8-11-29-12-9-21)26(14-20)19-2-3-19/h4-7,15-17,19-21,26,29H,2-3,8-14H2,1H3/t20?,26-/m1/s1. The Hall–Kier alpha value is -2.29. The Morgan fingerprint density at radius 1 is 1.03 bits per heavy atom. The predicted octanol–water partition coefficient (Wildman–Crippen LogP) is 4.25. The number of benzene rings is 1. The van der Waals surface area contributed by atoms with E-state index in [1.165, 1.54) is 31.9 Å². The van der Waals surface area contributed by atoms with Crippen LogP contribution in [0.4, 0.5) is 4.39 Å². The Labute approximate surface area is 206 Å². The molecule has 0 bridgehead atoms. The summed E-state index contributed by atoms with van der Waals surface area (Å²) in [6.07, 6.45) is 12.1. The molecular weight excluding hydrogens is 463 g/mol. The van der Waals surface area contributed by atoms with E-state index in [0.717, 1.165) is 49.5 Å². The number of halogens is 1.